The second-order valence-electron chi connectivity index (χ2n) is 6.33. The summed E-state index contributed by atoms with van der Waals surface area (Å²) < 4.78 is 0. The molecule has 2 rings (SSSR count). The third kappa shape index (κ3) is 2.74. The summed E-state index contributed by atoms with van der Waals surface area (Å²) in [6, 6.07) is -0.298. The molecule has 0 radical (unpaired) electrons. The van der Waals surface area contributed by atoms with Crippen molar-refractivity contribution in [1.29, 1.82) is 0 Å². The Morgan fingerprint density at radius 1 is 1.32 bits per heavy atom. The van der Waals surface area contributed by atoms with Gasteiger partial charge in [-0.25, -0.2) is 4.79 Å². The van der Waals surface area contributed by atoms with E-state index in [2.05, 4.69) is 17.1 Å². The van der Waals surface area contributed by atoms with Gasteiger partial charge >= 0.3 is 6.03 Å². The van der Waals surface area contributed by atoms with Crippen LogP contribution in [0.25, 0.3) is 0 Å². The van der Waals surface area contributed by atoms with Gasteiger partial charge in [0.25, 0.3) is 5.91 Å². The molecule has 0 bridgehead atoms. The van der Waals surface area contributed by atoms with E-state index in [1.807, 2.05) is 13.8 Å². The van der Waals surface area contributed by atoms with Crippen molar-refractivity contribution >= 4 is 11.9 Å². The predicted octanol–water partition coefficient (Wildman–Crippen LogP) is 0.130. The van der Waals surface area contributed by atoms with Crippen LogP contribution in [0.5, 0.6) is 0 Å². The number of rotatable bonds is 3. The van der Waals surface area contributed by atoms with Gasteiger partial charge in [-0.1, -0.05) is 6.92 Å². The van der Waals surface area contributed by atoms with Gasteiger partial charge in [-0.15, -0.1) is 0 Å². The van der Waals surface area contributed by atoms with Crippen LogP contribution >= 0.6 is 0 Å². The van der Waals surface area contributed by atoms with Crippen molar-refractivity contribution in [2.45, 2.75) is 44.7 Å². The molecule has 0 aromatic carbocycles. The second kappa shape index (κ2) is 4.76. The standard InChI is InChI=1S/C13H24N4O2/c1-4-16-7-5-13(6-8-16)10(18)17(11(19)15-13)9-12(2,3)14/h4-9,14H2,1-3H3,(H,15,19). The summed E-state index contributed by atoms with van der Waals surface area (Å²) >= 11 is 0. The van der Waals surface area contributed by atoms with Gasteiger partial charge in [-0.2, -0.15) is 0 Å². The lowest BCUT2D eigenvalue weighted by atomic mass is 9.87. The first kappa shape index (κ1) is 14.3. The van der Waals surface area contributed by atoms with Crippen molar-refractivity contribution in [3.8, 4) is 0 Å². The highest BCUT2D eigenvalue weighted by molar-refractivity contribution is 6.07. The smallest absolute Gasteiger partial charge is 0.324 e. The summed E-state index contributed by atoms with van der Waals surface area (Å²) in [6.07, 6.45) is 1.37. The molecule has 3 amide bonds. The Morgan fingerprint density at radius 3 is 2.37 bits per heavy atom. The lowest BCUT2D eigenvalue weighted by Crippen LogP contribution is -2.55. The Hall–Kier alpha value is -1.14. The van der Waals surface area contributed by atoms with Gasteiger partial charge in [0.2, 0.25) is 0 Å². The minimum atomic E-state index is -0.687. The maximum atomic E-state index is 12.5. The van der Waals surface area contributed by atoms with Crippen LogP contribution in [0, 0.1) is 0 Å². The number of hydrogen-bond acceptors (Lipinski definition) is 4. The van der Waals surface area contributed by atoms with Crippen molar-refractivity contribution in [2.24, 2.45) is 5.73 Å². The van der Waals surface area contributed by atoms with Crippen molar-refractivity contribution in [3.63, 3.8) is 0 Å². The SMILES string of the molecule is CCN1CCC2(CC1)NC(=O)N(CC(C)(C)N)C2=O. The first-order valence-electron chi connectivity index (χ1n) is 6.93. The van der Waals surface area contributed by atoms with E-state index in [0.29, 0.717) is 12.8 Å². The van der Waals surface area contributed by atoms with E-state index in [0.717, 1.165) is 19.6 Å². The first-order chi connectivity index (χ1) is 8.77. The van der Waals surface area contributed by atoms with Crippen LogP contribution < -0.4 is 11.1 Å². The van der Waals surface area contributed by atoms with E-state index in [4.69, 9.17) is 5.73 Å². The molecule has 3 N–H and O–H groups in total. The molecule has 0 unspecified atom stereocenters. The number of likely N-dealkylation sites (tertiary alicyclic amines) is 1. The topological polar surface area (TPSA) is 78.7 Å². The Balaban J connectivity index is 2.10. The zero-order chi connectivity index (χ0) is 14.3. The second-order valence-corrected chi connectivity index (χ2v) is 6.33. The third-order valence-electron chi connectivity index (χ3n) is 3.97. The van der Waals surface area contributed by atoms with E-state index in [-0.39, 0.29) is 18.5 Å². The van der Waals surface area contributed by atoms with E-state index in [1.54, 1.807) is 0 Å². The average molecular weight is 268 g/mol. The molecule has 108 valence electrons. The quantitative estimate of drug-likeness (QED) is 0.713. The number of amides is 3. The number of carbonyl (C=O) groups is 2. The highest BCUT2D eigenvalue weighted by atomic mass is 16.2. The van der Waals surface area contributed by atoms with Gasteiger partial charge in [0.05, 0.1) is 0 Å². The van der Waals surface area contributed by atoms with Crippen LogP contribution in [-0.4, -0.2) is 59.0 Å². The molecule has 0 aromatic rings. The monoisotopic (exact) mass is 268 g/mol. The number of nitrogens with zero attached hydrogens (tertiary/aromatic N) is 2. The van der Waals surface area contributed by atoms with Crippen molar-refractivity contribution in [2.75, 3.05) is 26.2 Å². The maximum Gasteiger partial charge on any atom is 0.325 e. The lowest BCUT2D eigenvalue weighted by molar-refractivity contribution is -0.133. The van der Waals surface area contributed by atoms with Gasteiger partial charge in [-0.05, 0) is 33.2 Å². The summed E-state index contributed by atoms with van der Waals surface area (Å²) in [5, 5.41) is 2.89. The first-order valence-corrected chi connectivity index (χ1v) is 6.93. The van der Waals surface area contributed by atoms with Crippen LogP contribution in [0.4, 0.5) is 4.79 Å². The number of piperidine rings is 1. The number of imide groups is 1. The van der Waals surface area contributed by atoms with E-state index in [1.165, 1.54) is 4.90 Å². The molecule has 6 nitrogen and oxygen atoms in total. The van der Waals surface area contributed by atoms with Crippen LogP contribution in [0.1, 0.15) is 33.6 Å². The summed E-state index contributed by atoms with van der Waals surface area (Å²) in [5.74, 6) is -0.105. The minimum absolute atomic E-state index is 0.105. The molecule has 2 aliphatic heterocycles. The maximum absolute atomic E-state index is 12.5. The number of nitrogens with one attached hydrogen (secondary N) is 1. The minimum Gasteiger partial charge on any atom is -0.324 e. The molecule has 6 heteroatoms. The number of nitrogens with two attached hydrogens (primary N) is 1. The largest absolute Gasteiger partial charge is 0.325 e. The fourth-order valence-electron chi connectivity index (χ4n) is 2.82. The average Bonchev–Trinajstić information content (AvgIpc) is 2.54. The fraction of sp³-hybridized carbons (Fsp3) is 0.846. The Morgan fingerprint density at radius 2 is 1.89 bits per heavy atom. The molecule has 1 spiro atoms. The zero-order valence-corrected chi connectivity index (χ0v) is 12.0. The van der Waals surface area contributed by atoms with Crippen LogP contribution in [0.3, 0.4) is 0 Å². The van der Waals surface area contributed by atoms with Gasteiger partial charge in [0.15, 0.2) is 0 Å². The molecule has 2 aliphatic rings. The normalized spacial score (nSPS) is 24.1. The zero-order valence-electron chi connectivity index (χ0n) is 12.0. The Labute approximate surface area is 114 Å². The molecule has 0 saturated carbocycles. The Kier molecular flexibility index (Phi) is 3.57. The van der Waals surface area contributed by atoms with Crippen LogP contribution in [-0.2, 0) is 4.79 Å². The highest BCUT2D eigenvalue weighted by Gasteiger charge is 2.52. The van der Waals surface area contributed by atoms with Crippen molar-refractivity contribution in [1.82, 2.24) is 15.1 Å². The van der Waals surface area contributed by atoms with Crippen molar-refractivity contribution in [3.05, 3.63) is 0 Å². The van der Waals surface area contributed by atoms with Crippen LogP contribution in [0.2, 0.25) is 0 Å². The number of carbonyl (C=O) groups excluding carboxylic acids is 2. The Bertz CT molecular complexity index is 381. The molecular weight excluding hydrogens is 244 g/mol. The number of hydrogen-bond donors (Lipinski definition) is 2. The van der Waals surface area contributed by atoms with E-state index >= 15 is 0 Å². The summed E-state index contributed by atoms with van der Waals surface area (Å²) in [5.41, 5.74) is 4.67. The molecule has 0 aromatic heterocycles. The van der Waals surface area contributed by atoms with Gasteiger partial charge in [-0.3, -0.25) is 9.69 Å². The lowest BCUT2D eigenvalue weighted by Gasteiger charge is -2.37. The summed E-state index contributed by atoms with van der Waals surface area (Å²) in [7, 11) is 0. The molecule has 2 saturated heterocycles. The molecule has 0 atom stereocenters. The highest BCUT2D eigenvalue weighted by Crippen LogP contribution is 2.29. The molecule has 2 heterocycles. The summed E-state index contributed by atoms with van der Waals surface area (Å²) in [6.45, 7) is 8.69. The third-order valence-corrected chi connectivity index (χ3v) is 3.97. The predicted molar refractivity (Wildman–Crippen MR) is 72.6 cm³/mol. The number of urea groups is 1. The van der Waals surface area contributed by atoms with Gasteiger partial charge in [0.1, 0.15) is 5.54 Å². The molecule has 0 aliphatic carbocycles. The van der Waals surface area contributed by atoms with E-state index < -0.39 is 11.1 Å². The van der Waals surface area contributed by atoms with Gasteiger partial charge in [0, 0.05) is 25.2 Å². The molecule has 19 heavy (non-hydrogen) atoms. The fourth-order valence-corrected chi connectivity index (χ4v) is 2.82. The summed E-state index contributed by atoms with van der Waals surface area (Å²) in [4.78, 5) is 28.1. The van der Waals surface area contributed by atoms with Crippen LogP contribution in [0.15, 0.2) is 0 Å². The molecule has 2 fully saturated rings. The van der Waals surface area contributed by atoms with Crippen molar-refractivity contribution < 1.29 is 9.59 Å². The molecular formula is C13H24N4O2. The van der Waals surface area contributed by atoms with E-state index in [9.17, 15) is 9.59 Å². The van der Waals surface area contributed by atoms with Gasteiger partial charge < -0.3 is 16.0 Å².